The molecule has 0 bridgehead atoms. The second-order valence-electron chi connectivity index (χ2n) is 6.01. The third-order valence-electron chi connectivity index (χ3n) is 4.54. The molecule has 0 amide bonds. The van der Waals surface area contributed by atoms with Gasteiger partial charge in [0.05, 0.1) is 17.2 Å². The van der Waals surface area contributed by atoms with E-state index in [0.29, 0.717) is 0 Å². The Bertz CT molecular complexity index is 907. The lowest BCUT2D eigenvalue weighted by atomic mass is 9.94. The summed E-state index contributed by atoms with van der Waals surface area (Å²) in [6.45, 7) is 9.05. The average Bonchev–Trinajstić information content (AvgIpc) is 2.83. The van der Waals surface area contributed by atoms with Crippen LogP contribution in [0, 0.1) is 27.7 Å². The Kier molecular flexibility index (Phi) is 3.90. The Morgan fingerprint density at radius 3 is 2.61 bits per heavy atom. The van der Waals surface area contributed by atoms with E-state index in [4.69, 9.17) is 5.21 Å². The van der Waals surface area contributed by atoms with Crippen LogP contribution in [-0.4, -0.2) is 21.0 Å². The van der Waals surface area contributed by atoms with E-state index >= 15 is 0 Å². The van der Waals surface area contributed by atoms with Crippen molar-refractivity contribution in [3.8, 4) is 0 Å². The largest absolute Gasteiger partial charge is 0.411 e. The minimum atomic E-state index is 0.760. The molecule has 1 N–H and O–H groups in total. The Hall–Kier alpha value is -2.62. The number of aromatic nitrogens is 2. The highest BCUT2D eigenvalue weighted by Crippen LogP contribution is 2.24. The van der Waals surface area contributed by atoms with Crippen molar-refractivity contribution < 1.29 is 5.21 Å². The molecule has 0 saturated carbocycles. The number of hydrogen-bond donors (Lipinski definition) is 1. The molecule has 118 valence electrons. The number of fused-ring (bicyclic) bond motifs is 1. The van der Waals surface area contributed by atoms with E-state index in [2.05, 4.69) is 40.7 Å². The lowest BCUT2D eigenvalue weighted by Crippen LogP contribution is -2.08. The molecule has 23 heavy (non-hydrogen) atoms. The van der Waals surface area contributed by atoms with Gasteiger partial charge >= 0.3 is 0 Å². The minimum absolute atomic E-state index is 0.760. The van der Waals surface area contributed by atoms with Crippen LogP contribution in [0.2, 0.25) is 0 Å². The zero-order valence-electron chi connectivity index (χ0n) is 14.0. The lowest BCUT2D eigenvalue weighted by molar-refractivity contribution is 0.322. The summed E-state index contributed by atoms with van der Waals surface area (Å²) in [5, 5.41) is 12.1. The van der Waals surface area contributed by atoms with Crippen molar-refractivity contribution in [1.29, 1.82) is 0 Å². The molecule has 4 nitrogen and oxygen atoms in total. The molecule has 3 aromatic rings. The summed E-state index contributed by atoms with van der Waals surface area (Å²) in [5.41, 5.74) is 7.90. The maximum Gasteiger partial charge on any atom is 0.107 e. The second-order valence-corrected chi connectivity index (χ2v) is 6.01. The molecule has 3 rings (SSSR count). The standard InChI is InChI=1S/C19H21N3O/c1-12-9-13(2)17(14(3)16(12)10-20-23)11-22-15(4)21-18-7-5-6-8-19(18)22/h5-10,23H,11H2,1-4H3. The van der Waals surface area contributed by atoms with Crippen LogP contribution in [0.1, 0.15) is 33.6 Å². The highest BCUT2D eigenvalue weighted by molar-refractivity contribution is 5.84. The molecule has 0 saturated heterocycles. The summed E-state index contributed by atoms with van der Waals surface area (Å²) in [5.74, 6) is 1.00. The zero-order chi connectivity index (χ0) is 16.6. The van der Waals surface area contributed by atoms with E-state index < -0.39 is 0 Å². The molecule has 2 aromatic carbocycles. The van der Waals surface area contributed by atoms with Crippen molar-refractivity contribution in [2.24, 2.45) is 5.16 Å². The Morgan fingerprint density at radius 2 is 1.87 bits per heavy atom. The number of rotatable bonds is 3. The highest BCUT2D eigenvalue weighted by Gasteiger charge is 2.13. The number of imidazole rings is 1. The molecule has 0 atom stereocenters. The number of aryl methyl sites for hydroxylation is 3. The summed E-state index contributed by atoms with van der Waals surface area (Å²) in [6.07, 6.45) is 1.52. The van der Waals surface area contributed by atoms with Crippen LogP contribution >= 0.6 is 0 Å². The molecule has 1 heterocycles. The minimum Gasteiger partial charge on any atom is -0.411 e. The van der Waals surface area contributed by atoms with Gasteiger partial charge in [-0.15, -0.1) is 0 Å². The monoisotopic (exact) mass is 307 g/mol. The van der Waals surface area contributed by atoms with Crippen LogP contribution in [-0.2, 0) is 6.54 Å². The molecule has 0 unspecified atom stereocenters. The van der Waals surface area contributed by atoms with E-state index in [9.17, 15) is 0 Å². The van der Waals surface area contributed by atoms with Crippen LogP contribution in [0.3, 0.4) is 0 Å². The average molecular weight is 307 g/mol. The van der Waals surface area contributed by atoms with Gasteiger partial charge in [-0.25, -0.2) is 4.98 Å². The van der Waals surface area contributed by atoms with E-state index in [1.807, 2.05) is 32.0 Å². The third kappa shape index (κ3) is 2.61. The maximum absolute atomic E-state index is 8.93. The van der Waals surface area contributed by atoms with Gasteiger partial charge in [0.1, 0.15) is 5.82 Å². The maximum atomic E-state index is 8.93. The van der Waals surface area contributed by atoms with E-state index in [1.165, 1.54) is 17.3 Å². The van der Waals surface area contributed by atoms with Gasteiger partial charge in [-0.1, -0.05) is 23.4 Å². The van der Waals surface area contributed by atoms with Crippen molar-refractivity contribution >= 4 is 17.2 Å². The first kappa shape index (κ1) is 15.3. The first-order valence-electron chi connectivity index (χ1n) is 7.72. The van der Waals surface area contributed by atoms with E-state index in [0.717, 1.165) is 40.1 Å². The SMILES string of the molecule is Cc1cc(C)c(Cn2c(C)nc3ccccc32)c(C)c1C=NO. The second kappa shape index (κ2) is 5.88. The number of oxime groups is 1. The van der Waals surface area contributed by atoms with Gasteiger partial charge < -0.3 is 9.77 Å². The van der Waals surface area contributed by atoms with Crippen LogP contribution in [0.25, 0.3) is 11.0 Å². The van der Waals surface area contributed by atoms with Crippen LogP contribution in [0.5, 0.6) is 0 Å². The first-order valence-corrected chi connectivity index (χ1v) is 7.72. The van der Waals surface area contributed by atoms with E-state index in [1.54, 1.807) is 0 Å². The van der Waals surface area contributed by atoms with Gasteiger partial charge in [0.25, 0.3) is 0 Å². The van der Waals surface area contributed by atoms with Gasteiger partial charge in [-0.05, 0) is 62.1 Å². The molecule has 0 radical (unpaired) electrons. The van der Waals surface area contributed by atoms with Crippen LogP contribution in [0.15, 0.2) is 35.5 Å². The summed E-state index contributed by atoms with van der Waals surface area (Å²) in [6, 6.07) is 10.3. The molecule has 4 heteroatoms. The molecular formula is C19H21N3O. The van der Waals surface area contributed by atoms with Gasteiger partial charge in [-0.3, -0.25) is 0 Å². The van der Waals surface area contributed by atoms with Crippen molar-refractivity contribution in [2.75, 3.05) is 0 Å². The zero-order valence-corrected chi connectivity index (χ0v) is 14.0. The number of hydrogen-bond acceptors (Lipinski definition) is 3. The molecule has 1 aromatic heterocycles. The van der Waals surface area contributed by atoms with E-state index in [-0.39, 0.29) is 0 Å². The number of para-hydroxylation sites is 2. The predicted molar refractivity (Wildman–Crippen MR) is 93.6 cm³/mol. The Morgan fingerprint density at radius 1 is 1.13 bits per heavy atom. The Balaban J connectivity index is 2.16. The smallest absolute Gasteiger partial charge is 0.107 e. The van der Waals surface area contributed by atoms with Crippen molar-refractivity contribution in [3.05, 3.63) is 64.0 Å². The van der Waals surface area contributed by atoms with Crippen LogP contribution in [0.4, 0.5) is 0 Å². The normalized spacial score (nSPS) is 11.7. The summed E-state index contributed by atoms with van der Waals surface area (Å²) in [7, 11) is 0. The summed E-state index contributed by atoms with van der Waals surface area (Å²) in [4.78, 5) is 4.64. The molecule has 0 aliphatic carbocycles. The van der Waals surface area contributed by atoms with Gasteiger partial charge in [0.15, 0.2) is 0 Å². The fraction of sp³-hybridized carbons (Fsp3) is 0.263. The highest BCUT2D eigenvalue weighted by atomic mass is 16.4. The molecule has 0 aliphatic heterocycles. The third-order valence-corrected chi connectivity index (χ3v) is 4.54. The fourth-order valence-corrected chi connectivity index (χ4v) is 3.30. The van der Waals surface area contributed by atoms with Crippen molar-refractivity contribution in [1.82, 2.24) is 9.55 Å². The van der Waals surface area contributed by atoms with Crippen molar-refractivity contribution in [3.63, 3.8) is 0 Å². The molecule has 0 fully saturated rings. The first-order chi connectivity index (χ1) is 11.0. The quantitative estimate of drug-likeness (QED) is 0.449. The number of benzene rings is 2. The van der Waals surface area contributed by atoms with Gasteiger partial charge in [-0.2, -0.15) is 0 Å². The molecular weight excluding hydrogens is 286 g/mol. The fourth-order valence-electron chi connectivity index (χ4n) is 3.30. The van der Waals surface area contributed by atoms with Crippen LogP contribution < -0.4 is 0 Å². The summed E-state index contributed by atoms with van der Waals surface area (Å²) >= 11 is 0. The molecule has 0 spiro atoms. The van der Waals surface area contributed by atoms with Gasteiger partial charge in [0, 0.05) is 12.1 Å². The topological polar surface area (TPSA) is 50.4 Å². The lowest BCUT2D eigenvalue weighted by Gasteiger charge is -2.16. The predicted octanol–water partition coefficient (Wildman–Crippen LogP) is 4.13. The number of nitrogens with zero attached hydrogens (tertiary/aromatic N) is 3. The molecule has 0 aliphatic rings. The van der Waals surface area contributed by atoms with Crippen molar-refractivity contribution in [2.45, 2.75) is 34.2 Å². The Labute approximate surface area is 136 Å². The van der Waals surface area contributed by atoms with Gasteiger partial charge in [0.2, 0.25) is 0 Å². The summed E-state index contributed by atoms with van der Waals surface area (Å²) < 4.78 is 2.24.